The Morgan fingerprint density at radius 1 is 1.29 bits per heavy atom. The number of fused-ring (bicyclic) bond motifs is 1. The number of ether oxygens (including phenoxy) is 1. The van der Waals surface area contributed by atoms with Crippen molar-refractivity contribution in [3.63, 3.8) is 0 Å². The zero-order valence-electron chi connectivity index (χ0n) is 20.7. The fourth-order valence-corrected chi connectivity index (χ4v) is 3.86. The van der Waals surface area contributed by atoms with Crippen molar-refractivity contribution in [1.82, 2.24) is 24.7 Å². The van der Waals surface area contributed by atoms with E-state index in [-0.39, 0.29) is 30.6 Å². The number of hydrogen-bond acceptors (Lipinski definition) is 7. The summed E-state index contributed by atoms with van der Waals surface area (Å²) >= 11 is 0. The number of hydrogen-bond donors (Lipinski definition) is 1. The van der Waals surface area contributed by atoms with Crippen molar-refractivity contribution in [3.05, 3.63) is 53.5 Å². The highest BCUT2D eigenvalue weighted by atomic mass is 16.5. The van der Waals surface area contributed by atoms with Crippen LogP contribution in [0.4, 0.5) is 0 Å². The Morgan fingerprint density at radius 3 is 2.71 bits per heavy atom. The van der Waals surface area contributed by atoms with E-state index in [4.69, 9.17) is 4.74 Å². The molecule has 1 aliphatic heterocycles. The molecule has 0 spiro atoms. The number of carbonyl (C=O) groups is 1. The molecule has 0 aliphatic carbocycles. The molecule has 34 heavy (non-hydrogen) atoms. The smallest absolute Gasteiger partial charge is 0.259 e. The van der Waals surface area contributed by atoms with E-state index in [1.165, 1.54) is 5.56 Å². The van der Waals surface area contributed by atoms with Crippen LogP contribution in [-0.4, -0.2) is 95.2 Å². The molecule has 0 fully saturated rings. The molecule has 182 valence electrons. The van der Waals surface area contributed by atoms with Crippen LogP contribution in [0.5, 0.6) is 5.88 Å². The number of likely N-dealkylation sites (N-methyl/N-ethyl adjacent to an activating group) is 1. The Bertz CT molecular complexity index is 1020. The number of carbonyl (C=O) groups excluding carboxylic acids is 1. The highest BCUT2D eigenvalue weighted by Gasteiger charge is 2.34. The molecule has 0 saturated heterocycles. The Morgan fingerprint density at radius 2 is 2.03 bits per heavy atom. The largest absolute Gasteiger partial charge is 0.472 e. The maximum atomic E-state index is 13.5. The second-order valence-electron chi connectivity index (χ2n) is 9.29. The van der Waals surface area contributed by atoms with E-state index in [2.05, 4.69) is 33.6 Å². The van der Waals surface area contributed by atoms with Gasteiger partial charge in [-0.15, -0.1) is 0 Å². The van der Waals surface area contributed by atoms with Crippen LogP contribution < -0.4 is 4.74 Å². The highest BCUT2D eigenvalue weighted by Crippen LogP contribution is 2.27. The third-order valence-electron chi connectivity index (χ3n) is 5.84. The van der Waals surface area contributed by atoms with Crippen LogP contribution in [0.25, 0.3) is 0 Å². The Hall–Kier alpha value is -2.99. The molecular formula is C26H35N5O3. The van der Waals surface area contributed by atoms with Crippen LogP contribution in [0.1, 0.15) is 35.3 Å². The molecule has 1 N–H and O–H groups in total. The predicted molar refractivity (Wildman–Crippen MR) is 131 cm³/mol. The normalized spacial score (nSPS) is 19.1. The molecule has 3 rings (SSSR count). The van der Waals surface area contributed by atoms with Crippen LogP contribution in [0, 0.1) is 17.8 Å². The van der Waals surface area contributed by atoms with Crippen LogP contribution in [-0.2, 0) is 6.54 Å². The van der Waals surface area contributed by atoms with Crippen molar-refractivity contribution < 1.29 is 14.6 Å². The number of rotatable bonds is 7. The van der Waals surface area contributed by atoms with Gasteiger partial charge in [-0.3, -0.25) is 19.6 Å². The quantitative estimate of drug-likeness (QED) is 0.624. The summed E-state index contributed by atoms with van der Waals surface area (Å²) in [4.78, 5) is 27.9. The number of aromatic nitrogens is 2. The molecule has 0 bridgehead atoms. The number of amides is 1. The molecule has 8 heteroatoms. The van der Waals surface area contributed by atoms with Crippen LogP contribution >= 0.6 is 0 Å². The van der Waals surface area contributed by atoms with Gasteiger partial charge in [-0.2, -0.15) is 0 Å². The Balaban J connectivity index is 1.89. The van der Waals surface area contributed by atoms with Gasteiger partial charge in [-0.25, -0.2) is 4.98 Å². The molecule has 0 radical (unpaired) electrons. The molecule has 2 aromatic rings. The maximum absolute atomic E-state index is 13.5. The number of aliphatic hydroxyl groups is 1. The van der Waals surface area contributed by atoms with E-state index >= 15 is 0 Å². The van der Waals surface area contributed by atoms with E-state index < -0.39 is 0 Å². The van der Waals surface area contributed by atoms with Crippen molar-refractivity contribution in [3.8, 4) is 17.7 Å². The second kappa shape index (κ2) is 11.9. The molecule has 1 aliphatic rings. The van der Waals surface area contributed by atoms with Crippen LogP contribution in [0.3, 0.4) is 0 Å². The minimum Gasteiger partial charge on any atom is -0.472 e. The van der Waals surface area contributed by atoms with Gasteiger partial charge in [-0.1, -0.05) is 18.8 Å². The molecule has 8 nitrogen and oxygen atoms in total. The van der Waals surface area contributed by atoms with Gasteiger partial charge in [-0.05, 0) is 51.8 Å². The Labute approximate surface area is 202 Å². The van der Waals surface area contributed by atoms with Crippen LogP contribution in [0.2, 0.25) is 0 Å². The van der Waals surface area contributed by atoms with Gasteiger partial charge in [0.25, 0.3) is 5.91 Å². The van der Waals surface area contributed by atoms with Crippen molar-refractivity contribution in [2.45, 2.75) is 32.5 Å². The van der Waals surface area contributed by atoms with Gasteiger partial charge < -0.3 is 14.7 Å². The summed E-state index contributed by atoms with van der Waals surface area (Å²) in [6.07, 6.45) is 5.04. The average Bonchev–Trinajstić information content (AvgIpc) is 2.81. The standard InChI is InChI=1S/C26H35N5O3/c1-19-15-31(20(2)18-32)26(33)23-13-22(7-6-12-29(3)4)14-28-25(23)34-24(19)17-30(5)16-21-8-10-27-11-9-21/h8-11,13-14,19-20,24,32H,12,15-18H2,1-5H3/t19-,20-,24+/m0/s1. The molecule has 2 aromatic heterocycles. The third-order valence-corrected chi connectivity index (χ3v) is 5.84. The lowest BCUT2D eigenvalue weighted by Gasteiger charge is -2.37. The summed E-state index contributed by atoms with van der Waals surface area (Å²) in [7, 11) is 5.95. The molecule has 3 atom stereocenters. The van der Waals surface area contributed by atoms with Gasteiger partial charge in [0.15, 0.2) is 0 Å². The predicted octanol–water partition coefficient (Wildman–Crippen LogP) is 1.74. The summed E-state index contributed by atoms with van der Waals surface area (Å²) < 4.78 is 6.36. The number of aliphatic hydroxyl groups excluding tert-OH is 1. The first-order valence-electron chi connectivity index (χ1n) is 11.6. The maximum Gasteiger partial charge on any atom is 0.259 e. The summed E-state index contributed by atoms with van der Waals surface area (Å²) in [6, 6.07) is 5.42. The first kappa shape index (κ1) is 25.6. The summed E-state index contributed by atoms with van der Waals surface area (Å²) in [5.41, 5.74) is 2.21. The molecule has 0 saturated carbocycles. The van der Waals surface area contributed by atoms with Crippen molar-refractivity contribution in [2.75, 3.05) is 47.4 Å². The third kappa shape index (κ3) is 6.76. The van der Waals surface area contributed by atoms with E-state index in [0.717, 1.165) is 6.54 Å². The van der Waals surface area contributed by atoms with Crippen LogP contribution in [0.15, 0.2) is 36.8 Å². The average molecular weight is 466 g/mol. The van der Waals surface area contributed by atoms with E-state index in [0.29, 0.717) is 36.6 Å². The van der Waals surface area contributed by atoms with Gasteiger partial charge in [0.05, 0.1) is 19.2 Å². The SMILES string of the molecule is C[C@H]1CN([C@@H](C)CO)C(=O)c2cc(C#CCN(C)C)cnc2O[C@@H]1CN(C)Cc1ccncc1. The zero-order chi connectivity index (χ0) is 24.7. The Kier molecular flexibility index (Phi) is 8.99. The lowest BCUT2D eigenvalue weighted by molar-refractivity contribution is 0.0325. The molecule has 0 aromatic carbocycles. The highest BCUT2D eigenvalue weighted by molar-refractivity contribution is 5.97. The first-order valence-corrected chi connectivity index (χ1v) is 11.6. The fourth-order valence-electron chi connectivity index (χ4n) is 3.86. The molecule has 3 heterocycles. The monoisotopic (exact) mass is 465 g/mol. The lowest BCUT2D eigenvalue weighted by Crippen LogP contribution is -2.49. The fraction of sp³-hybridized carbons (Fsp3) is 0.500. The van der Waals surface area contributed by atoms with E-state index in [1.807, 2.05) is 45.1 Å². The molecular weight excluding hydrogens is 430 g/mol. The minimum atomic E-state index is -0.320. The van der Waals surface area contributed by atoms with Gasteiger partial charge >= 0.3 is 0 Å². The van der Waals surface area contributed by atoms with E-state index in [1.54, 1.807) is 29.6 Å². The second-order valence-corrected chi connectivity index (χ2v) is 9.29. The summed E-state index contributed by atoms with van der Waals surface area (Å²) in [6.45, 7) is 6.31. The van der Waals surface area contributed by atoms with Gasteiger partial charge in [0, 0.05) is 49.7 Å². The van der Waals surface area contributed by atoms with Gasteiger partial charge in [0.2, 0.25) is 5.88 Å². The molecule has 0 unspecified atom stereocenters. The van der Waals surface area contributed by atoms with Crippen molar-refractivity contribution >= 4 is 5.91 Å². The van der Waals surface area contributed by atoms with Crippen molar-refractivity contribution in [1.29, 1.82) is 0 Å². The van der Waals surface area contributed by atoms with Crippen molar-refractivity contribution in [2.24, 2.45) is 5.92 Å². The zero-order valence-corrected chi connectivity index (χ0v) is 20.7. The topological polar surface area (TPSA) is 82.0 Å². The number of nitrogens with zero attached hydrogens (tertiary/aromatic N) is 5. The minimum absolute atomic E-state index is 0.0346. The first-order chi connectivity index (χ1) is 16.3. The summed E-state index contributed by atoms with van der Waals surface area (Å²) in [5, 5.41) is 9.82. The van der Waals surface area contributed by atoms with Gasteiger partial charge in [0.1, 0.15) is 11.7 Å². The van der Waals surface area contributed by atoms with E-state index in [9.17, 15) is 9.90 Å². The number of pyridine rings is 2. The molecule has 1 amide bonds. The summed E-state index contributed by atoms with van der Waals surface area (Å²) in [5.74, 6) is 6.31. The lowest BCUT2D eigenvalue weighted by atomic mass is 9.99.